The minimum Gasteiger partial charge on any atom is -0.469 e. The highest BCUT2D eigenvalue weighted by Crippen LogP contribution is 2.26. The lowest BCUT2D eigenvalue weighted by Crippen LogP contribution is -2.20. The van der Waals surface area contributed by atoms with Crippen LogP contribution < -0.4 is 4.74 Å². The molecule has 0 radical (unpaired) electrons. The third kappa shape index (κ3) is 3.03. The van der Waals surface area contributed by atoms with E-state index < -0.39 is 4.92 Å². The smallest absolute Gasteiger partial charge is 0.349 e. The first-order valence-electron chi connectivity index (χ1n) is 4.75. The third-order valence-electron chi connectivity index (χ3n) is 2.14. The van der Waals surface area contributed by atoms with Gasteiger partial charge in [-0.05, 0) is 24.4 Å². The van der Waals surface area contributed by atoms with Gasteiger partial charge in [-0.15, -0.1) is 0 Å². The third-order valence-corrected chi connectivity index (χ3v) is 2.32. The summed E-state index contributed by atoms with van der Waals surface area (Å²) in [6, 6.07) is 0. The lowest BCUT2D eigenvalue weighted by molar-refractivity contribution is -0.386. The molecule has 1 aromatic rings. The van der Waals surface area contributed by atoms with Crippen LogP contribution in [0.5, 0.6) is 5.88 Å². The molecule has 6 nitrogen and oxygen atoms in total. The van der Waals surface area contributed by atoms with E-state index in [1.165, 1.54) is 0 Å². The number of ether oxygens (including phenoxy) is 1. The summed E-state index contributed by atoms with van der Waals surface area (Å²) < 4.78 is 5.37. The van der Waals surface area contributed by atoms with Gasteiger partial charge in [0.25, 0.3) is 5.88 Å². The summed E-state index contributed by atoms with van der Waals surface area (Å²) in [5, 5.41) is 10.6. The highest BCUT2D eigenvalue weighted by atomic mass is 35.5. The van der Waals surface area contributed by atoms with E-state index in [1.54, 1.807) is 0 Å². The molecule has 1 heterocycles. The molecule has 0 fully saturated rings. The number of halogens is 1. The van der Waals surface area contributed by atoms with Gasteiger partial charge in [0.2, 0.25) is 5.28 Å². The molecule has 0 amide bonds. The van der Waals surface area contributed by atoms with Gasteiger partial charge in [0.15, 0.2) is 0 Å². The first-order chi connectivity index (χ1) is 7.41. The number of hydrogen-bond donors (Lipinski definition) is 0. The van der Waals surface area contributed by atoms with Crippen LogP contribution in [0.25, 0.3) is 0 Å². The minimum absolute atomic E-state index is 0.0726. The monoisotopic (exact) mass is 245 g/mol. The van der Waals surface area contributed by atoms with E-state index in [1.807, 2.05) is 20.8 Å². The summed E-state index contributed by atoms with van der Waals surface area (Å²) in [5.74, 6) is 0.125. The molecule has 7 heteroatoms. The summed E-state index contributed by atoms with van der Waals surface area (Å²) in [6.45, 7) is 5.70. The van der Waals surface area contributed by atoms with Crippen LogP contribution in [0.15, 0.2) is 6.20 Å². The van der Waals surface area contributed by atoms with Crippen LogP contribution >= 0.6 is 11.6 Å². The van der Waals surface area contributed by atoms with Crippen LogP contribution in [0.1, 0.15) is 20.8 Å². The Balaban J connectivity index is 3.01. The second kappa shape index (κ2) is 5.07. The van der Waals surface area contributed by atoms with Crippen molar-refractivity contribution >= 4 is 17.3 Å². The molecule has 0 N–H and O–H groups in total. The zero-order valence-corrected chi connectivity index (χ0v) is 9.93. The number of nitrogens with zero attached hydrogens (tertiary/aromatic N) is 3. The van der Waals surface area contributed by atoms with Gasteiger partial charge in [0, 0.05) is 0 Å². The molecule has 0 aliphatic heterocycles. The quantitative estimate of drug-likeness (QED) is 0.463. The fourth-order valence-corrected chi connectivity index (χ4v) is 0.989. The van der Waals surface area contributed by atoms with E-state index in [9.17, 15) is 10.1 Å². The van der Waals surface area contributed by atoms with Crippen molar-refractivity contribution in [3.8, 4) is 5.88 Å². The summed E-state index contributed by atoms with van der Waals surface area (Å²) >= 11 is 5.56. The van der Waals surface area contributed by atoms with Gasteiger partial charge in [0.1, 0.15) is 12.3 Å². The fourth-order valence-electron chi connectivity index (χ4n) is 0.864. The van der Waals surface area contributed by atoms with Gasteiger partial charge in [-0.3, -0.25) is 10.1 Å². The van der Waals surface area contributed by atoms with Crippen molar-refractivity contribution in [1.29, 1.82) is 0 Å². The SMILES string of the molecule is CC(C)C(C)Oc1nc(Cl)ncc1[N+](=O)[O-]. The molecule has 1 atom stereocenters. The molecule has 88 valence electrons. The summed E-state index contributed by atoms with van der Waals surface area (Å²) in [7, 11) is 0. The zero-order chi connectivity index (χ0) is 12.3. The summed E-state index contributed by atoms with van der Waals surface area (Å²) in [5.41, 5.74) is -0.281. The Morgan fingerprint density at radius 1 is 1.50 bits per heavy atom. The van der Waals surface area contributed by atoms with Crippen LogP contribution in [0.4, 0.5) is 5.69 Å². The highest BCUT2D eigenvalue weighted by molar-refractivity contribution is 6.28. The van der Waals surface area contributed by atoms with Gasteiger partial charge in [-0.2, -0.15) is 4.98 Å². The molecule has 0 aliphatic rings. The first-order valence-corrected chi connectivity index (χ1v) is 5.13. The largest absolute Gasteiger partial charge is 0.469 e. The van der Waals surface area contributed by atoms with Crippen molar-refractivity contribution in [2.75, 3.05) is 0 Å². The predicted molar refractivity (Wildman–Crippen MR) is 58.6 cm³/mol. The van der Waals surface area contributed by atoms with Crippen LogP contribution in [0.2, 0.25) is 5.28 Å². The molecule has 1 unspecified atom stereocenters. The minimum atomic E-state index is -0.599. The molecule has 0 saturated heterocycles. The first kappa shape index (κ1) is 12.6. The Bertz CT molecular complexity index is 398. The van der Waals surface area contributed by atoms with Crippen LogP contribution in [-0.2, 0) is 0 Å². The molecule has 0 bridgehead atoms. The topological polar surface area (TPSA) is 78.2 Å². The predicted octanol–water partition coefficient (Wildman–Crippen LogP) is 2.46. The van der Waals surface area contributed by atoms with E-state index in [0.29, 0.717) is 0 Å². The van der Waals surface area contributed by atoms with Crippen molar-refractivity contribution in [2.45, 2.75) is 26.9 Å². The Kier molecular flexibility index (Phi) is 4.00. The van der Waals surface area contributed by atoms with Crippen molar-refractivity contribution in [3.05, 3.63) is 21.6 Å². The number of rotatable bonds is 4. The average Bonchev–Trinajstić information content (AvgIpc) is 2.16. The van der Waals surface area contributed by atoms with Gasteiger partial charge in [-0.25, -0.2) is 4.98 Å². The molecule has 0 saturated carbocycles. The standard InChI is InChI=1S/C9H12ClN3O3/c1-5(2)6(3)16-8-7(13(14)15)4-11-9(10)12-8/h4-6H,1-3H3. The number of nitro groups is 1. The second-order valence-corrected chi connectivity index (χ2v) is 3.99. The van der Waals surface area contributed by atoms with Crippen molar-refractivity contribution < 1.29 is 9.66 Å². The highest BCUT2D eigenvalue weighted by Gasteiger charge is 2.21. The van der Waals surface area contributed by atoms with Crippen molar-refractivity contribution in [1.82, 2.24) is 9.97 Å². The molecule has 0 aliphatic carbocycles. The van der Waals surface area contributed by atoms with Crippen LogP contribution in [-0.4, -0.2) is 21.0 Å². The fraction of sp³-hybridized carbons (Fsp3) is 0.556. The van der Waals surface area contributed by atoms with E-state index >= 15 is 0 Å². The lowest BCUT2D eigenvalue weighted by atomic mass is 10.1. The van der Waals surface area contributed by atoms with E-state index in [-0.39, 0.29) is 28.9 Å². The molecular weight excluding hydrogens is 234 g/mol. The van der Waals surface area contributed by atoms with E-state index in [2.05, 4.69) is 9.97 Å². The molecular formula is C9H12ClN3O3. The zero-order valence-electron chi connectivity index (χ0n) is 9.18. The number of aromatic nitrogens is 2. The maximum absolute atomic E-state index is 10.7. The number of hydrogen-bond acceptors (Lipinski definition) is 5. The molecule has 0 aromatic carbocycles. The van der Waals surface area contributed by atoms with Crippen molar-refractivity contribution in [3.63, 3.8) is 0 Å². The van der Waals surface area contributed by atoms with E-state index in [4.69, 9.17) is 16.3 Å². The van der Waals surface area contributed by atoms with Crippen LogP contribution in [0.3, 0.4) is 0 Å². The molecule has 1 aromatic heterocycles. The van der Waals surface area contributed by atoms with Gasteiger partial charge < -0.3 is 4.74 Å². The Labute approximate surface area is 97.8 Å². The van der Waals surface area contributed by atoms with Crippen LogP contribution in [0, 0.1) is 16.0 Å². The summed E-state index contributed by atoms with van der Waals surface area (Å²) in [6.07, 6.45) is 0.849. The molecule has 0 spiro atoms. The maximum Gasteiger partial charge on any atom is 0.349 e. The maximum atomic E-state index is 10.7. The molecule has 16 heavy (non-hydrogen) atoms. The van der Waals surface area contributed by atoms with Gasteiger partial charge in [0.05, 0.1) is 4.92 Å². The van der Waals surface area contributed by atoms with E-state index in [0.717, 1.165) is 6.20 Å². The Hall–Kier alpha value is -1.43. The van der Waals surface area contributed by atoms with Crippen molar-refractivity contribution in [2.24, 2.45) is 5.92 Å². The molecule has 1 rings (SSSR count). The average molecular weight is 246 g/mol. The normalized spacial score (nSPS) is 12.6. The Morgan fingerprint density at radius 3 is 2.62 bits per heavy atom. The Morgan fingerprint density at radius 2 is 2.12 bits per heavy atom. The van der Waals surface area contributed by atoms with Gasteiger partial charge >= 0.3 is 5.69 Å². The lowest BCUT2D eigenvalue weighted by Gasteiger charge is -2.16. The second-order valence-electron chi connectivity index (χ2n) is 3.65. The van der Waals surface area contributed by atoms with Gasteiger partial charge in [-0.1, -0.05) is 13.8 Å². The summed E-state index contributed by atoms with van der Waals surface area (Å²) in [4.78, 5) is 17.3.